The van der Waals surface area contributed by atoms with Gasteiger partial charge in [-0.1, -0.05) is 11.6 Å². The first-order valence-electron chi connectivity index (χ1n) is 5.76. The number of benzene rings is 1. The van der Waals surface area contributed by atoms with Crippen LogP contribution in [0.4, 0.5) is 0 Å². The third-order valence-electron chi connectivity index (χ3n) is 2.53. The van der Waals surface area contributed by atoms with Gasteiger partial charge in [0.25, 0.3) is 5.89 Å². The fourth-order valence-corrected chi connectivity index (χ4v) is 1.66. The Morgan fingerprint density at radius 2 is 2.11 bits per heavy atom. The summed E-state index contributed by atoms with van der Waals surface area (Å²) >= 11 is 0. The Hall–Kier alpha value is -1.88. The normalized spacial score (nSPS) is 12.4. The van der Waals surface area contributed by atoms with Crippen LogP contribution in [0, 0.1) is 13.8 Å². The average molecular weight is 248 g/mol. The highest BCUT2D eigenvalue weighted by Gasteiger charge is 2.11. The molecule has 96 valence electrons. The Morgan fingerprint density at radius 1 is 1.33 bits per heavy atom. The molecule has 2 aromatic rings. The minimum Gasteiger partial charge on any atom is -0.483 e. The van der Waals surface area contributed by atoms with Gasteiger partial charge in [0.2, 0.25) is 5.89 Å². The van der Waals surface area contributed by atoms with Crippen LogP contribution in [-0.4, -0.2) is 15.3 Å². The van der Waals surface area contributed by atoms with Crippen molar-refractivity contribution in [2.24, 2.45) is 0 Å². The summed E-state index contributed by atoms with van der Waals surface area (Å²) in [5, 5.41) is 17.3. The van der Waals surface area contributed by atoms with Crippen molar-refractivity contribution in [2.45, 2.75) is 33.5 Å². The molecule has 0 saturated carbocycles. The minimum atomic E-state index is -0.579. The summed E-state index contributed by atoms with van der Waals surface area (Å²) in [5.74, 6) is 1.56. The van der Waals surface area contributed by atoms with Crippen molar-refractivity contribution < 1.29 is 14.3 Å². The molecule has 2 rings (SSSR count). The molecule has 0 saturated heterocycles. The maximum absolute atomic E-state index is 9.70. The van der Waals surface area contributed by atoms with Gasteiger partial charge in [-0.05, 0) is 26.0 Å². The molecule has 18 heavy (non-hydrogen) atoms. The molecule has 0 spiro atoms. The number of aryl methyl sites for hydroxylation is 2. The molecule has 0 radical (unpaired) electrons. The molecule has 1 atom stereocenters. The Kier molecular flexibility index (Phi) is 3.62. The smallest absolute Gasteiger partial charge is 0.253 e. The molecule has 0 fully saturated rings. The van der Waals surface area contributed by atoms with E-state index < -0.39 is 6.10 Å². The molecule has 5 nitrogen and oxygen atoms in total. The van der Waals surface area contributed by atoms with Gasteiger partial charge in [-0.25, -0.2) is 0 Å². The molecule has 0 aliphatic carbocycles. The third kappa shape index (κ3) is 2.87. The van der Waals surface area contributed by atoms with Crippen molar-refractivity contribution in [3.05, 3.63) is 41.1 Å². The fraction of sp³-hybridized carbons (Fsp3) is 0.385. The maximum Gasteiger partial charge on any atom is 0.253 e. The Morgan fingerprint density at radius 3 is 2.72 bits per heavy atom. The molecule has 0 amide bonds. The average Bonchev–Trinajstić information content (AvgIpc) is 2.73. The molecule has 0 aliphatic rings. The van der Waals surface area contributed by atoms with E-state index in [0.717, 1.165) is 11.1 Å². The quantitative estimate of drug-likeness (QED) is 0.899. The lowest BCUT2D eigenvalue weighted by atomic mass is 10.1. The largest absolute Gasteiger partial charge is 0.483 e. The van der Waals surface area contributed by atoms with Gasteiger partial charge in [0, 0.05) is 12.5 Å². The number of hydrogen-bond donors (Lipinski definition) is 1. The second-order valence-electron chi connectivity index (χ2n) is 4.22. The molecule has 1 aromatic carbocycles. The summed E-state index contributed by atoms with van der Waals surface area (Å²) in [4.78, 5) is 0. The van der Waals surface area contributed by atoms with Gasteiger partial charge < -0.3 is 14.3 Å². The molecule has 1 N–H and O–H groups in total. The summed E-state index contributed by atoms with van der Waals surface area (Å²) in [5.41, 5.74) is 1.83. The summed E-state index contributed by atoms with van der Waals surface area (Å²) in [6.45, 7) is 5.60. The van der Waals surface area contributed by atoms with Crippen molar-refractivity contribution in [1.29, 1.82) is 0 Å². The fourth-order valence-electron chi connectivity index (χ4n) is 1.66. The topological polar surface area (TPSA) is 68.4 Å². The summed E-state index contributed by atoms with van der Waals surface area (Å²) < 4.78 is 10.8. The van der Waals surface area contributed by atoms with Crippen LogP contribution in [0.2, 0.25) is 0 Å². The zero-order valence-corrected chi connectivity index (χ0v) is 10.7. The maximum atomic E-state index is 9.70. The molecular weight excluding hydrogens is 232 g/mol. The van der Waals surface area contributed by atoms with Crippen LogP contribution in [0.15, 0.2) is 22.6 Å². The molecule has 1 aromatic heterocycles. The highest BCUT2D eigenvalue weighted by atomic mass is 16.5. The number of ether oxygens (including phenoxy) is 1. The predicted molar refractivity (Wildman–Crippen MR) is 65.2 cm³/mol. The number of aliphatic hydroxyl groups excluding tert-OH is 1. The summed E-state index contributed by atoms with van der Waals surface area (Å²) in [6.07, 6.45) is -0.579. The first-order valence-corrected chi connectivity index (χ1v) is 5.76. The van der Waals surface area contributed by atoms with E-state index in [-0.39, 0.29) is 6.61 Å². The van der Waals surface area contributed by atoms with Crippen LogP contribution in [0.5, 0.6) is 5.75 Å². The van der Waals surface area contributed by atoms with E-state index >= 15 is 0 Å². The summed E-state index contributed by atoms with van der Waals surface area (Å²) in [7, 11) is 0. The van der Waals surface area contributed by atoms with E-state index in [1.807, 2.05) is 25.1 Å². The van der Waals surface area contributed by atoms with E-state index in [4.69, 9.17) is 9.15 Å². The molecule has 1 heterocycles. The zero-order chi connectivity index (χ0) is 13.1. The van der Waals surface area contributed by atoms with E-state index in [1.165, 1.54) is 0 Å². The second kappa shape index (κ2) is 5.18. The van der Waals surface area contributed by atoms with E-state index in [1.54, 1.807) is 13.8 Å². The SMILES string of the molecule is Cc1ccc(OCc2nnc(C)o2)c([C@H](C)O)c1. The van der Waals surface area contributed by atoms with Crippen molar-refractivity contribution in [3.63, 3.8) is 0 Å². The highest BCUT2D eigenvalue weighted by molar-refractivity contribution is 5.38. The van der Waals surface area contributed by atoms with Crippen molar-refractivity contribution in [3.8, 4) is 5.75 Å². The second-order valence-corrected chi connectivity index (χ2v) is 4.22. The highest BCUT2D eigenvalue weighted by Crippen LogP contribution is 2.26. The number of nitrogens with zero attached hydrogens (tertiary/aromatic N) is 2. The molecule has 5 heteroatoms. The third-order valence-corrected chi connectivity index (χ3v) is 2.53. The van der Waals surface area contributed by atoms with E-state index in [0.29, 0.717) is 17.5 Å². The first kappa shape index (κ1) is 12.6. The molecule has 0 unspecified atom stereocenters. The zero-order valence-electron chi connectivity index (χ0n) is 10.7. The van der Waals surface area contributed by atoms with Gasteiger partial charge in [-0.2, -0.15) is 0 Å². The van der Waals surface area contributed by atoms with Crippen molar-refractivity contribution in [1.82, 2.24) is 10.2 Å². The standard InChI is InChI=1S/C13H16N2O3/c1-8-4-5-12(11(6-8)9(2)16)17-7-13-15-14-10(3)18-13/h4-6,9,16H,7H2,1-3H3/t9-/m0/s1. The Labute approximate surface area is 105 Å². The first-order chi connectivity index (χ1) is 8.56. The van der Waals surface area contributed by atoms with Gasteiger partial charge in [0.1, 0.15) is 5.75 Å². The van der Waals surface area contributed by atoms with Crippen LogP contribution in [0.1, 0.15) is 35.9 Å². The monoisotopic (exact) mass is 248 g/mol. The Balaban J connectivity index is 2.13. The van der Waals surface area contributed by atoms with Crippen LogP contribution in [0.3, 0.4) is 0 Å². The lowest BCUT2D eigenvalue weighted by Crippen LogP contribution is -2.01. The predicted octanol–water partition coefficient (Wildman–Crippen LogP) is 2.32. The van der Waals surface area contributed by atoms with Crippen LogP contribution in [-0.2, 0) is 6.61 Å². The number of aliphatic hydroxyl groups is 1. The van der Waals surface area contributed by atoms with Gasteiger partial charge in [0.15, 0.2) is 6.61 Å². The van der Waals surface area contributed by atoms with Gasteiger partial charge >= 0.3 is 0 Å². The van der Waals surface area contributed by atoms with Gasteiger partial charge in [-0.3, -0.25) is 0 Å². The van der Waals surface area contributed by atoms with E-state index in [9.17, 15) is 5.11 Å². The van der Waals surface area contributed by atoms with Gasteiger partial charge in [0.05, 0.1) is 6.10 Å². The lowest BCUT2D eigenvalue weighted by molar-refractivity contribution is 0.187. The Bertz CT molecular complexity index is 535. The lowest BCUT2D eigenvalue weighted by Gasteiger charge is -2.13. The molecule has 0 bridgehead atoms. The van der Waals surface area contributed by atoms with Crippen LogP contribution >= 0.6 is 0 Å². The van der Waals surface area contributed by atoms with Crippen molar-refractivity contribution >= 4 is 0 Å². The number of hydrogen-bond acceptors (Lipinski definition) is 5. The van der Waals surface area contributed by atoms with Crippen LogP contribution < -0.4 is 4.74 Å². The number of rotatable bonds is 4. The molecule has 0 aliphatic heterocycles. The van der Waals surface area contributed by atoms with Crippen LogP contribution in [0.25, 0.3) is 0 Å². The number of aromatic nitrogens is 2. The van der Waals surface area contributed by atoms with Gasteiger partial charge in [-0.15, -0.1) is 10.2 Å². The van der Waals surface area contributed by atoms with E-state index in [2.05, 4.69) is 10.2 Å². The summed E-state index contributed by atoms with van der Waals surface area (Å²) in [6, 6.07) is 5.67. The molecular formula is C13H16N2O3. The van der Waals surface area contributed by atoms with Crippen molar-refractivity contribution in [2.75, 3.05) is 0 Å². The minimum absolute atomic E-state index is 0.198.